The Morgan fingerprint density at radius 3 is 3.18 bits per heavy atom. The van der Waals surface area contributed by atoms with Crippen LogP contribution in [-0.4, -0.2) is 43.7 Å². The van der Waals surface area contributed by atoms with E-state index in [2.05, 4.69) is 22.0 Å². The molecule has 1 aromatic rings. The Bertz CT molecular complexity index is 445. The van der Waals surface area contributed by atoms with Gasteiger partial charge in [-0.15, -0.1) is 0 Å². The van der Waals surface area contributed by atoms with E-state index in [9.17, 15) is 0 Å². The van der Waals surface area contributed by atoms with Gasteiger partial charge < -0.3 is 14.7 Å². The summed E-state index contributed by atoms with van der Waals surface area (Å²) in [7, 11) is 0. The lowest BCUT2D eigenvalue weighted by atomic mass is 10.1. The number of hydrogen-bond donors (Lipinski definition) is 1. The Labute approximate surface area is 101 Å². The van der Waals surface area contributed by atoms with Gasteiger partial charge in [0.1, 0.15) is 11.9 Å². The number of anilines is 1. The van der Waals surface area contributed by atoms with Gasteiger partial charge in [0.25, 0.3) is 0 Å². The summed E-state index contributed by atoms with van der Waals surface area (Å²) in [5, 5.41) is 9.10. The van der Waals surface area contributed by atoms with E-state index in [1.54, 1.807) is 0 Å². The first-order valence-electron chi connectivity index (χ1n) is 6.00. The first-order valence-corrected chi connectivity index (χ1v) is 6.00. The molecule has 4 nitrogen and oxygen atoms in total. The number of rotatable bonds is 2. The molecule has 0 amide bonds. The maximum absolute atomic E-state index is 9.10. The highest BCUT2D eigenvalue weighted by molar-refractivity contribution is 5.68. The van der Waals surface area contributed by atoms with Crippen LogP contribution in [0.1, 0.15) is 5.56 Å². The predicted molar refractivity (Wildman–Crippen MR) is 67.2 cm³/mol. The maximum Gasteiger partial charge on any atom is 0.126 e. The predicted octanol–water partition coefficient (Wildman–Crippen LogP) is 0.873. The first-order chi connectivity index (χ1) is 8.36. The van der Waals surface area contributed by atoms with Crippen LogP contribution in [0.3, 0.4) is 0 Å². The minimum Gasteiger partial charge on any atom is -0.487 e. The zero-order chi connectivity index (χ0) is 11.7. The average Bonchev–Trinajstić information content (AvgIpc) is 2.81. The van der Waals surface area contributed by atoms with Gasteiger partial charge in [0.05, 0.1) is 19.7 Å². The summed E-state index contributed by atoms with van der Waals surface area (Å²) in [5.41, 5.74) is 2.42. The molecule has 1 atom stereocenters. The van der Waals surface area contributed by atoms with Gasteiger partial charge in [-0.05, 0) is 23.8 Å². The normalized spacial score (nSPS) is 22.4. The summed E-state index contributed by atoms with van der Waals surface area (Å²) in [4.78, 5) is 6.53. The van der Waals surface area contributed by atoms with Gasteiger partial charge in [0.2, 0.25) is 0 Å². The summed E-state index contributed by atoms with van der Waals surface area (Å²) in [5.74, 6) is 0.915. The fraction of sp³-hybridized carbons (Fsp3) is 0.462. The zero-order valence-electron chi connectivity index (χ0n) is 9.67. The number of hydrogen-bond acceptors (Lipinski definition) is 4. The van der Waals surface area contributed by atoms with Crippen LogP contribution in [0.4, 0.5) is 5.69 Å². The second kappa shape index (κ2) is 4.37. The third-order valence-corrected chi connectivity index (χ3v) is 3.28. The smallest absolute Gasteiger partial charge is 0.126 e. The molecule has 0 saturated heterocycles. The quantitative estimate of drug-likeness (QED) is 0.823. The van der Waals surface area contributed by atoms with E-state index in [1.807, 2.05) is 12.3 Å². The largest absolute Gasteiger partial charge is 0.487 e. The molecule has 0 aromatic heterocycles. The summed E-state index contributed by atoms with van der Waals surface area (Å²) in [6.45, 7) is 2.80. The summed E-state index contributed by atoms with van der Waals surface area (Å²) < 4.78 is 5.60. The van der Waals surface area contributed by atoms with Gasteiger partial charge in [-0.25, -0.2) is 0 Å². The minimum absolute atomic E-state index is 0.0665. The number of aliphatic hydroxyl groups excluding tert-OH is 1. The highest BCUT2D eigenvalue weighted by Gasteiger charge is 2.23. The standard InChI is InChI=1S/C13H16N2O2/c16-9-12-8-10-7-11(1-2-13(10)17-12)15-5-3-14-4-6-15/h1-3,7,12,16H,4-6,8-9H2. The van der Waals surface area contributed by atoms with Crippen LogP contribution < -0.4 is 9.64 Å². The molecule has 2 aliphatic rings. The van der Waals surface area contributed by atoms with Crippen molar-refractivity contribution < 1.29 is 9.84 Å². The van der Waals surface area contributed by atoms with E-state index >= 15 is 0 Å². The second-order valence-corrected chi connectivity index (χ2v) is 4.45. The van der Waals surface area contributed by atoms with Gasteiger partial charge in [-0.2, -0.15) is 0 Å². The van der Waals surface area contributed by atoms with E-state index in [0.29, 0.717) is 0 Å². The van der Waals surface area contributed by atoms with Gasteiger partial charge in [-0.3, -0.25) is 4.99 Å². The molecule has 17 heavy (non-hydrogen) atoms. The van der Waals surface area contributed by atoms with E-state index in [-0.39, 0.29) is 12.7 Å². The van der Waals surface area contributed by atoms with Crippen LogP contribution in [0, 0.1) is 0 Å². The first kappa shape index (κ1) is 10.6. The molecule has 4 heteroatoms. The third-order valence-electron chi connectivity index (χ3n) is 3.28. The molecule has 0 fully saturated rings. The number of aliphatic imine (C=N–C) groups is 1. The van der Waals surface area contributed by atoms with Gasteiger partial charge in [0.15, 0.2) is 0 Å². The molecule has 1 N–H and O–H groups in total. The highest BCUT2D eigenvalue weighted by Crippen LogP contribution is 2.32. The monoisotopic (exact) mass is 232 g/mol. The maximum atomic E-state index is 9.10. The van der Waals surface area contributed by atoms with Crippen molar-refractivity contribution in [1.29, 1.82) is 0 Å². The lowest BCUT2D eigenvalue weighted by molar-refractivity contribution is 0.134. The topological polar surface area (TPSA) is 45.1 Å². The van der Waals surface area contributed by atoms with Crippen LogP contribution in [-0.2, 0) is 6.42 Å². The van der Waals surface area contributed by atoms with Crippen LogP contribution >= 0.6 is 0 Å². The van der Waals surface area contributed by atoms with E-state index in [0.717, 1.165) is 31.8 Å². The summed E-state index contributed by atoms with van der Waals surface area (Å²) >= 11 is 0. The molecule has 1 unspecified atom stereocenters. The third kappa shape index (κ3) is 2.00. The van der Waals surface area contributed by atoms with Crippen molar-refractivity contribution in [2.45, 2.75) is 12.5 Å². The highest BCUT2D eigenvalue weighted by atomic mass is 16.5. The van der Waals surface area contributed by atoms with Crippen molar-refractivity contribution >= 4 is 11.9 Å². The van der Waals surface area contributed by atoms with Gasteiger partial charge >= 0.3 is 0 Å². The molecule has 0 bridgehead atoms. The number of benzene rings is 1. The molecule has 2 aliphatic heterocycles. The van der Waals surface area contributed by atoms with Crippen molar-refractivity contribution in [3.63, 3.8) is 0 Å². The average molecular weight is 232 g/mol. The Morgan fingerprint density at radius 1 is 1.47 bits per heavy atom. The molecule has 1 aromatic carbocycles. The lowest BCUT2D eigenvalue weighted by Gasteiger charge is -2.25. The number of aliphatic hydroxyl groups is 1. The molecular formula is C13H16N2O2. The SMILES string of the molecule is OCC1Cc2cc(N3CC=NCC3)ccc2O1. The van der Waals surface area contributed by atoms with E-state index < -0.39 is 0 Å². The molecule has 0 radical (unpaired) electrons. The Morgan fingerprint density at radius 2 is 2.41 bits per heavy atom. The van der Waals surface area contributed by atoms with Crippen molar-refractivity contribution in [2.24, 2.45) is 4.99 Å². The fourth-order valence-corrected chi connectivity index (χ4v) is 2.36. The van der Waals surface area contributed by atoms with E-state index in [4.69, 9.17) is 9.84 Å². The van der Waals surface area contributed by atoms with Crippen LogP contribution in [0.25, 0.3) is 0 Å². The lowest BCUT2D eigenvalue weighted by Crippen LogP contribution is -2.31. The molecule has 2 heterocycles. The van der Waals surface area contributed by atoms with Crippen LogP contribution in [0.2, 0.25) is 0 Å². The van der Waals surface area contributed by atoms with Crippen LogP contribution in [0.5, 0.6) is 5.75 Å². The molecule has 0 spiro atoms. The van der Waals surface area contributed by atoms with Gasteiger partial charge in [-0.1, -0.05) is 0 Å². The minimum atomic E-state index is -0.0665. The van der Waals surface area contributed by atoms with Crippen molar-refractivity contribution in [2.75, 3.05) is 31.1 Å². The Balaban J connectivity index is 1.82. The second-order valence-electron chi connectivity index (χ2n) is 4.45. The van der Waals surface area contributed by atoms with Gasteiger partial charge in [0, 0.05) is 24.9 Å². The number of nitrogens with zero attached hydrogens (tertiary/aromatic N) is 2. The summed E-state index contributed by atoms with van der Waals surface area (Å²) in [6.07, 6.45) is 2.70. The molecule has 3 rings (SSSR count). The number of ether oxygens (including phenoxy) is 1. The molecular weight excluding hydrogens is 216 g/mol. The zero-order valence-corrected chi connectivity index (χ0v) is 9.67. The molecule has 0 saturated carbocycles. The van der Waals surface area contributed by atoms with Crippen molar-refractivity contribution in [1.82, 2.24) is 0 Å². The number of fused-ring (bicyclic) bond motifs is 1. The molecule has 90 valence electrons. The Hall–Kier alpha value is -1.55. The van der Waals surface area contributed by atoms with Crippen molar-refractivity contribution in [3.8, 4) is 5.75 Å². The van der Waals surface area contributed by atoms with Crippen LogP contribution in [0.15, 0.2) is 23.2 Å². The van der Waals surface area contributed by atoms with Crippen molar-refractivity contribution in [3.05, 3.63) is 23.8 Å². The summed E-state index contributed by atoms with van der Waals surface area (Å²) in [6, 6.07) is 6.26. The fourth-order valence-electron chi connectivity index (χ4n) is 2.36. The Kier molecular flexibility index (Phi) is 2.73. The molecule has 0 aliphatic carbocycles. The van der Waals surface area contributed by atoms with E-state index in [1.165, 1.54) is 11.3 Å².